The highest BCUT2D eigenvalue weighted by Gasteiger charge is 2.51. The van der Waals surface area contributed by atoms with E-state index in [4.69, 9.17) is 9.31 Å². The van der Waals surface area contributed by atoms with Gasteiger partial charge in [0.2, 0.25) is 0 Å². The molecule has 1 fully saturated rings. The summed E-state index contributed by atoms with van der Waals surface area (Å²) in [4.78, 5) is 10.2. The van der Waals surface area contributed by atoms with Crippen LogP contribution in [0.4, 0.5) is 0 Å². The molecule has 0 aliphatic carbocycles. The maximum atomic E-state index is 10.2. The van der Waals surface area contributed by atoms with Crippen molar-refractivity contribution in [2.75, 3.05) is 0 Å². The minimum Gasteiger partial charge on any atom is -0.508 e. The van der Waals surface area contributed by atoms with Crippen molar-refractivity contribution < 1.29 is 23.9 Å². The van der Waals surface area contributed by atoms with Gasteiger partial charge in [0.05, 0.1) is 11.2 Å². The second-order valence-corrected chi connectivity index (χ2v) is 5.88. The van der Waals surface area contributed by atoms with Crippen LogP contribution in [-0.4, -0.2) is 29.9 Å². The summed E-state index contributed by atoms with van der Waals surface area (Å²) in [6, 6.07) is 5.07. The number of carbonyl (C=O) groups is 1. The van der Waals surface area contributed by atoms with Gasteiger partial charge in [-0.1, -0.05) is 12.1 Å². The van der Waals surface area contributed by atoms with Crippen LogP contribution < -0.4 is 5.46 Å². The van der Waals surface area contributed by atoms with Gasteiger partial charge in [0, 0.05) is 5.56 Å². The third kappa shape index (κ3) is 2.67. The maximum Gasteiger partial charge on any atom is 0.494 e. The Hall–Kier alpha value is -1.53. The lowest BCUT2D eigenvalue weighted by Crippen LogP contribution is -2.41. The highest BCUT2D eigenvalue weighted by Crippen LogP contribution is 2.36. The molecule has 2 rings (SSSR count). The number of phenols is 1. The second-order valence-electron chi connectivity index (χ2n) is 5.88. The maximum absolute atomic E-state index is 10.2. The summed E-state index contributed by atoms with van der Waals surface area (Å²) in [6.07, 6.45) is 0. The number of rotatable bonds is 4. The molecule has 1 N–H and O–H groups in total. The Kier molecular flexibility index (Phi) is 3.80. The Bertz CT molecular complexity index is 496. The van der Waals surface area contributed by atoms with Crippen molar-refractivity contribution in [1.82, 2.24) is 0 Å². The smallest absolute Gasteiger partial charge is 0.494 e. The van der Waals surface area contributed by atoms with Crippen LogP contribution in [0.15, 0.2) is 18.2 Å². The van der Waals surface area contributed by atoms with Crippen LogP contribution in [0, 0.1) is 0 Å². The first-order chi connectivity index (χ1) is 9.27. The summed E-state index contributed by atoms with van der Waals surface area (Å²) < 4.78 is 16.4. The molecule has 1 heterocycles. The standard InChI is InChI=1S/C14H19BO5/c1-13(2)14(3,4)20-15(19-13)11-6-5-10(8-18-9-16)12(17)7-11/h5-7,9,17H,8H2,1-4H3. The van der Waals surface area contributed by atoms with E-state index >= 15 is 0 Å². The van der Waals surface area contributed by atoms with E-state index in [9.17, 15) is 9.90 Å². The van der Waals surface area contributed by atoms with Crippen LogP contribution in [0.5, 0.6) is 5.75 Å². The largest absolute Gasteiger partial charge is 0.508 e. The lowest BCUT2D eigenvalue weighted by Gasteiger charge is -2.32. The zero-order chi connectivity index (χ0) is 15.0. The van der Waals surface area contributed by atoms with E-state index in [1.807, 2.05) is 27.7 Å². The fourth-order valence-corrected chi connectivity index (χ4v) is 1.95. The van der Waals surface area contributed by atoms with E-state index in [1.54, 1.807) is 18.2 Å². The van der Waals surface area contributed by atoms with Crippen LogP contribution in [0.1, 0.15) is 33.3 Å². The molecule has 1 aromatic carbocycles. The molecule has 1 aliphatic rings. The van der Waals surface area contributed by atoms with Crippen molar-refractivity contribution in [2.45, 2.75) is 45.5 Å². The molecule has 0 unspecified atom stereocenters. The fourth-order valence-electron chi connectivity index (χ4n) is 1.95. The van der Waals surface area contributed by atoms with E-state index in [1.165, 1.54) is 0 Å². The third-order valence-electron chi connectivity index (χ3n) is 3.94. The fraction of sp³-hybridized carbons (Fsp3) is 0.500. The molecule has 6 heteroatoms. The highest BCUT2D eigenvalue weighted by atomic mass is 16.7. The number of aromatic hydroxyl groups is 1. The third-order valence-corrected chi connectivity index (χ3v) is 3.94. The Labute approximate surface area is 119 Å². The quantitative estimate of drug-likeness (QED) is 0.665. The summed E-state index contributed by atoms with van der Waals surface area (Å²) in [5.74, 6) is 0.0547. The topological polar surface area (TPSA) is 65.0 Å². The molecule has 0 amide bonds. The first-order valence-electron chi connectivity index (χ1n) is 6.49. The van der Waals surface area contributed by atoms with Crippen molar-refractivity contribution >= 4 is 19.1 Å². The zero-order valence-electron chi connectivity index (χ0n) is 12.2. The van der Waals surface area contributed by atoms with Gasteiger partial charge in [0.1, 0.15) is 12.4 Å². The van der Waals surface area contributed by atoms with Gasteiger partial charge in [0.25, 0.3) is 6.47 Å². The van der Waals surface area contributed by atoms with Crippen molar-refractivity contribution in [2.24, 2.45) is 0 Å². The monoisotopic (exact) mass is 278 g/mol. The summed E-state index contributed by atoms with van der Waals surface area (Å²) in [5, 5.41) is 9.93. The molecule has 0 bridgehead atoms. The average molecular weight is 278 g/mol. The molecule has 1 saturated heterocycles. The molecule has 1 aromatic rings. The predicted octanol–water partition coefficient (Wildman–Crippen LogP) is 1.36. The van der Waals surface area contributed by atoms with Crippen LogP contribution in [-0.2, 0) is 25.4 Å². The van der Waals surface area contributed by atoms with Gasteiger partial charge in [0.15, 0.2) is 0 Å². The summed E-state index contributed by atoms with van der Waals surface area (Å²) in [5.41, 5.74) is 0.424. The van der Waals surface area contributed by atoms with E-state index < -0.39 is 18.3 Å². The van der Waals surface area contributed by atoms with Gasteiger partial charge in [-0.2, -0.15) is 0 Å². The number of benzene rings is 1. The lowest BCUT2D eigenvalue weighted by atomic mass is 9.78. The van der Waals surface area contributed by atoms with Gasteiger partial charge in [-0.15, -0.1) is 0 Å². The molecule has 0 saturated carbocycles. The van der Waals surface area contributed by atoms with E-state index in [0.29, 0.717) is 12.0 Å². The summed E-state index contributed by atoms with van der Waals surface area (Å²) in [7, 11) is -0.521. The molecule has 1 aliphatic heterocycles. The van der Waals surface area contributed by atoms with Gasteiger partial charge < -0.3 is 19.2 Å². The molecule has 0 atom stereocenters. The average Bonchev–Trinajstić information content (AvgIpc) is 2.57. The van der Waals surface area contributed by atoms with E-state index in [0.717, 1.165) is 5.46 Å². The summed E-state index contributed by atoms with van der Waals surface area (Å²) >= 11 is 0. The first-order valence-corrected chi connectivity index (χ1v) is 6.49. The van der Waals surface area contributed by atoms with Crippen molar-refractivity contribution in [1.29, 1.82) is 0 Å². The lowest BCUT2D eigenvalue weighted by molar-refractivity contribution is -0.129. The SMILES string of the molecule is CC1(C)OB(c2ccc(COC=O)c(O)c2)OC1(C)C. The molecule has 0 radical (unpaired) electrons. The Morgan fingerprint density at radius 1 is 1.25 bits per heavy atom. The molecular weight excluding hydrogens is 259 g/mol. The Balaban J connectivity index is 2.19. The van der Waals surface area contributed by atoms with Crippen molar-refractivity contribution in [3.8, 4) is 5.75 Å². The van der Waals surface area contributed by atoms with Crippen molar-refractivity contribution in [3.05, 3.63) is 23.8 Å². The normalized spacial score (nSPS) is 19.9. The Morgan fingerprint density at radius 2 is 1.85 bits per heavy atom. The van der Waals surface area contributed by atoms with Crippen LogP contribution in [0.2, 0.25) is 0 Å². The van der Waals surface area contributed by atoms with E-state index in [-0.39, 0.29) is 12.4 Å². The first kappa shape index (κ1) is 14.9. The number of hydrogen-bond donors (Lipinski definition) is 1. The number of ether oxygens (including phenoxy) is 1. The van der Waals surface area contributed by atoms with Crippen molar-refractivity contribution in [3.63, 3.8) is 0 Å². The molecule has 0 aromatic heterocycles. The highest BCUT2D eigenvalue weighted by molar-refractivity contribution is 6.62. The Morgan fingerprint density at radius 3 is 2.35 bits per heavy atom. The molecular formula is C14H19BO5. The minimum atomic E-state index is -0.521. The summed E-state index contributed by atoms with van der Waals surface area (Å²) in [6.45, 7) is 8.27. The molecule has 108 valence electrons. The minimum absolute atomic E-state index is 0.0407. The van der Waals surface area contributed by atoms with E-state index in [2.05, 4.69) is 4.74 Å². The van der Waals surface area contributed by atoms with Crippen LogP contribution in [0.3, 0.4) is 0 Å². The van der Waals surface area contributed by atoms with Crippen LogP contribution >= 0.6 is 0 Å². The van der Waals surface area contributed by atoms with Crippen LogP contribution in [0.25, 0.3) is 0 Å². The van der Waals surface area contributed by atoms with Gasteiger partial charge in [-0.25, -0.2) is 0 Å². The number of phenolic OH excluding ortho intramolecular Hbond substituents is 1. The molecule has 0 spiro atoms. The predicted molar refractivity (Wildman–Crippen MR) is 74.7 cm³/mol. The van der Waals surface area contributed by atoms with Gasteiger partial charge in [-0.05, 0) is 39.2 Å². The molecule has 5 nitrogen and oxygen atoms in total. The number of carbonyl (C=O) groups excluding carboxylic acids is 1. The second kappa shape index (κ2) is 5.11. The molecule has 20 heavy (non-hydrogen) atoms. The van der Waals surface area contributed by atoms with Gasteiger partial charge >= 0.3 is 7.12 Å². The zero-order valence-corrected chi connectivity index (χ0v) is 12.2. The number of hydrogen-bond acceptors (Lipinski definition) is 5. The van der Waals surface area contributed by atoms with Gasteiger partial charge in [-0.3, -0.25) is 4.79 Å².